The van der Waals surface area contributed by atoms with E-state index in [2.05, 4.69) is 30.1 Å². The van der Waals surface area contributed by atoms with Crippen LogP contribution in [0.5, 0.6) is 17.2 Å². The van der Waals surface area contributed by atoms with Gasteiger partial charge in [0.05, 0.1) is 27.8 Å². The lowest BCUT2D eigenvalue weighted by atomic mass is 9.87. The Morgan fingerprint density at radius 2 is 1.63 bits per heavy atom. The molecule has 1 aliphatic carbocycles. The van der Waals surface area contributed by atoms with Crippen molar-refractivity contribution in [2.45, 2.75) is 44.6 Å². The van der Waals surface area contributed by atoms with Gasteiger partial charge in [-0.2, -0.15) is 0 Å². The Bertz CT molecular complexity index is 987. The predicted molar refractivity (Wildman–Crippen MR) is 144 cm³/mol. The molecule has 0 radical (unpaired) electrons. The number of aryl methyl sites for hydroxylation is 1. The molecule has 194 valence electrons. The van der Waals surface area contributed by atoms with Gasteiger partial charge < -0.3 is 24.0 Å². The standard InChI is InChI=1S/C27H36N2O4.2ClH/c1-28(22-10-9-19-7-5-8-24(31-2)23(19)18-22)12-6-13-29-14-11-20-15-25(32-3)26(33-4)16-21(20)17-27(29)30;;/h5,7-8,15-16,22H,6,9-14,17-18H2,1-4H3;2*1H. The quantitative estimate of drug-likeness (QED) is 0.513. The summed E-state index contributed by atoms with van der Waals surface area (Å²) < 4.78 is 16.5. The van der Waals surface area contributed by atoms with Gasteiger partial charge in [-0.3, -0.25) is 4.79 Å². The molecule has 6 nitrogen and oxygen atoms in total. The van der Waals surface area contributed by atoms with Crippen LogP contribution in [-0.2, 0) is 30.5 Å². The molecule has 0 fully saturated rings. The minimum Gasteiger partial charge on any atom is -0.496 e. The number of hydrogen-bond donors (Lipinski definition) is 0. The van der Waals surface area contributed by atoms with Crippen molar-refractivity contribution in [3.63, 3.8) is 0 Å². The third-order valence-corrected chi connectivity index (χ3v) is 7.25. The number of carbonyl (C=O) groups excluding carboxylic acids is 1. The minimum atomic E-state index is 0. The zero-order valence-corrected chi connectivity index (χ0v) is 22.8. The maximum absolute atomic E-state index is 12.9. The van der Waals surface area contributed by atoms with Crippen molar-refractivity contribution in [1.82, 2.24) is 9.80 Å². The second-order valence-corrected chi connectivity index (χ2v) is 9.11. The third kappa shape index (κ3) is 6.54. The number of carbonyl (C=O) groups is 1. The molecule has 4 rings (SSSR count). The number of likely N-dealkylation sites (N-methyl/N-ethyl adjacent to an activating group) is 1. The maximum atomic E-state index is 12.9. The summed E-state index contributed by atoms with van der Waals surface area (Å²) in [7, 11) is 7.25. The lowest BCUT2D eigenvalue weighted by Crippen LogP contribution is -2.39. The van der Waals surface area contributed by atoms with E-state index >= 15 is 0 Å². The van der Waals surface area contributed by atoms with Crippen LogP contribution in [0.2, 0.25) is 0 Å². The molecule has 1 amide bonds. The fourth-order valence-electron chi connectivity index (χ4n) is 5.25. The number of methoxy groups -OCH3 is 3. The van der Waals surface area contributed by atoms with Crippen molar-refractivity contribution in [3.05, 3.63) is 52.6 Å². The Kier molecular flexibility index (Phi) is 11.0. The van der Waals surface area contributed by atoms with E-state index < -0.39 is 0 Å². The van der Waals surface area contributed by atoms with Crippen LogP contribution in [0.15, 0.2) is 30.3 Å². The molecule has 1 heterocycles. The van der Waals surface area contributed by atoms with Gasteiger partial charge >= 0.3 is 0 Å². The molecule has 1 atom stereocenters. The molecule has 2 aliphatic rings. The van der Waals surface area contributed by atoms with E-state index in [1.165, 1.54) is 16.7 Å². The van der Waals surface area contributed by atoms with E-state index in [0.717, 1.165) is 68.8 Å². The summed E-state index contributed by atoms with van der Waals surface area (Å²) in [6.07, 6.45) is 5.52. The number of nitrogens with zero attached hydrogens (tertiary/aromatic N) is 2. The molecule has 1 aliphatic heterocycles. The fraction of sp³-hybridized carbons (Fsp3) is 0.519. The summed E-state index contributed by atoms with van der Waals surface area (Å²) in [5.41, 5.74) is 5.00. The number of hydrogen-bond acceptors (Lipinski definition) is 5. The van der Waals surface area contributed by atoms with E-state index in [4.69, 9.17) is 14.2 Å². The first-order chi connectivity index (χ1) is 16.0. The lowest BCUT2D eigenvalue weighted by Gasteiger charge is -2.33. The Balaban J connectivity index is 0.00000216. The van der Waals surface area contributed by atoms with Crippen molar-refractivity contribution in [3.8, 4) is 17.2 Å². The van der Waals surface area contributed by atoms with Crippen LogP contribution in [0.3, 0.4) is 0 Å². The summed E-state index contributed by atoms with van der Waals surface area (Å²) in [5, 5.41) is 0. The third-order valence-electron chi connectivity index (χ3n) is 7.25. The fourth-order valence-corrected chi connectivity index (χ4v) is 5.25. The van der Waals surface area contributed by atoms with Crippen molar-refractivity contribution < 1.29 is 19.0 Å². The van der Waals surface area contributed by atoms with Crippen LogP contribution in [0.1, 0.15) is 35.1 Å². The summed E-state index contributed by atoms with van der Waals surface area (Å²) in [6, 6.07) is 10.9. The molecule has 0 N–H and O–H groups in total. The average Bonchev–Trinajstić information content (AvgIpc) is 2.99. The Hall–Kier alpha value is -2.15. The normalized spacial score (nSPS) is 16.9. The molecule has 8 heteroatoms. The maximum Gasteiger partial charge on any atom is 0.227 e. The Morgan fingerprint density at radius 3 is 2.31 bits per heavy atom. The molecular weight excluding hydrogens is 487 g/mol. The number of ether oxygens (including phenoxy) is 3. The lowest BCUT2D eigenvalue weighted by molar-refractivity contribution is -0.130. The Morgan fingerprint density at radius 1 is 0.943 bits per heavy atom. The largest absolute Gasteiger partial charge is 0.496 e. The van der Waals surface area contributed by atoms with Crippen LogP contribution in [0, 0.1) is 0 Å². The Labute approximate surface area is 221 Å². The van der Waals surface area contributed by atoms with Crippen LogP contribution < -0.4 is 14.2 Å². The zero-order chi connectivity index (χ0) is 23.4. The van der Waals surface area contributed by atoms with Gasteiger partial charge in [0.15, 0.2) is 11.5 Å². The number of benzene rings is 2. The highest BCUT2D eigenvalue weighted by atomic mass is 35.5. The van der Waals surface area contributed by atoms with E-state index in [1.54, 1.807) is 21.3 Å². The number of amides is 1. The molecular formula is C27H38Cl2N2O4. The summed E-state index contributed by atoms with van der Waals surface area (Å²) in [4.78, 5) is 17.4. The smallest absolute Gasteiger partial charge is 0.227 e. The molecule has 0 bridgehead atoms. The van der Waals surface area contributed by atoms with Gasteiger partial charge in [-0.1, -0.05) is 12.1 Å². The van der Waals surface area contributed by atoms with Crippen molar-refractivity contribution >= 4 is 30.7 Å². The second kappa shape index (κ2) is 13.2. The molecule has 35 heavy (non-hydrogen) atoms. The highest BCUT2D eigenvalue weighted by Gasteiger charge is 2.25. The van der Waals surface area contributed by atoms with Gasteiger partial charge in [0.25, 0.3) is 0 Å². The molecule has 0 aromatic heterocycles. The van der Waals surface area contributed by atoms with Gasteiger partial charge in [0.1, 0.15) is 5.75 Å². The van der Waals surface area contributed by atoms with E-state index in [-0.39, 0.29) is 30.7 Å². The topological polar surface area (TPSA) is 51.2 Å². The average molecular weight is 526 g/mol. The molecule has 0 spiro atoms. The second-order valence-electron chi connectivity index (χ2n) is 9.11. The summed E-state index contributed by atoms with van der Waals surface area (Å²) in [6.45, 7) is 2.52. The van der Waals surface area contributed by atoms with Crippen LogP contribution in [0.4, 0.5) is 0 Å². The SMILES string of the molecule is COc1cc2c(cc1OC)CC(=O)N(CCCN(C)C1CCc3cccc(OC)c3C1)CC2.Cl.Cl. The van der Waals surface area contributed by atoms with Crippen molar-refractivity contribution in [2.75, 3.05) is 48.0 Å². The number of fused-ring (bicyclic) bond motifs is 2. The van der Waals surface area contributed by atoms with Gasteiger partial charge in [0.2, 0.25) is 5.91 Å². The summed E-state index contributed by atoms with van der Waals surface area (Å²) >= 11 is 0. The molecule has 0 saturated carbocycles. The molecule has 2 aromatic rings. The van der Waals surface area contributed by atoms with Gasteiger partial charge in [-0.15, -0.1) is 24.8 Å². The van der Waals surface area contributed by atoms with Gasteiger partial charge in [-0.25, -0.2) is 0 Å². The number of halogens is 2. The minimum absolute atomic E-state index is 0. The molecule has 2 aromatic carbocycles. The zero-order valence-electron chi connectivity index (χ0n) is 21.2. The van der Waals surface area contributed by atoms with Crippen LogP contribution in [0.25, 0.3) is 0 Å². The highest BCUT2D eigenvalue weighted by Crippen LogP contribution is 2.33. The molecule has 0 saturated heterocycles. The van der Waals surface area contributed by atoms with E-state index in [1.807, 2.05) is 17.0 Å². The first kappa shape index (κ1) is 29.1. The molecule has 1 unspecified atom stereocenters. The van der Waals surface area contributed by atoms with Crippen molar-refractivity contribution in [1.29, 1.82) is 0 Å². The van der Waals surface area contributed by atoms with Crippen LogP contribution >= 0.6 is 24.8 Å². The number of rotatable bonds is 8. The highest BCUT2D eigenvalue weighted by molar-refractivity contribution is 5.85. The first-order valence-corrected chi connectivity index (χ1v) is 11.9. The first-order valence-electron chi connectivity index (χ1n) is 11.9. The van der Waals surface area contributed by atoms with Gasteiger partial charge in [-0.05, 0) is 86.1 Å². The summed E-state index contributed by atoms with van der Waals surface area (Å²) in [5.74, 6) is 2.61. The monoisotopic (exact) mass is 524 g/mol. The predicted octanol–water partition coefficient (Wildman–Crippen LogP) is 4.36. The van der Waals surface area contributed by atoms with E-state index in [9.17, 15) is 4.79 Å². The van der Waals surface area contributed by atoms with Crippen LogP contribution in [-0.4, -0.2) is 69.8 Å². The van der Waals surface area contributed by atoms with Crippen molar-refractivity contribution in [2.24, 2.45) is 0 Å². The van der Waals surface area contributed by atoms with E-state index in [0.29, 0.717) is 18.2 Å². The van der Waals surface area contributed by atoms with Gasteiger partial charge in [0, 0.05) is 19.1 Å².